The number of aryl methyl sites for hydroxylation is 2. The molecule has 0 aliphatic carbocycles. The van der Waals surface area contributed by atoms with Crippen molar-refractivity contribution in [1.29, 1.82) is 5.26 Å². The summed E-state index contributed by atoms with van der Waals surface area (Å²) >= 11 is 0. The van der Waals surface area contributed by atoms with Crippen LogP contribution >= 0.6 is 0 Å². The Morgan fingerprint density at radius 2 is 2.05 bits per heavy atom. The van der Waals surface area contributed by atoms with Crippen LogP contribution in [-0.4, -0.2) is 0 Å². The zero-order valence-electron chi connectivity index (χ0n) is 11.5. The first-order valence-corrected chi connectivity index (χ1v) is 6.36. The first kappa shape index (κ1) is 13.6. The summed E-state index contributed by atoms with van der Waals surface area (Å²) in [5.74, 6) is 1.28. The Balaban J connectivity index is 2.40. The summed E-state index contributed by atoms with van der Waals surface area (Å²) in [6.07, 6.45) is 0.933. The van der Waals surface area contributed by atoms with Gasteiger partial charge in [0.15, 0.2) is 5.69 Å². The zero-order chi connectivity index (χ0) is 14.5. The van der Waals surface area contributed by atoms with Gasteiger partial charge in [-0.25, -0.2) is 4.85 Å². The fourth-order valence-electron chi connectivity index (χ4n) is 1.87. The molecule has 0 spiro atoms. The summed E-state index contributed by atoms with van der Waals surface area (Å²) in [5, 5.41) is 8.98. The average molecular weight is 262 g/mol. The minimum Gasteiger partial charge on any atom is -0.458 e. The van der Waals surface area contributed by atoms with E-state index in [1.807, 2.05) is 25.1 Å². The maximum absolute atomic E-state index is 8.98. The Hall–Kier alpha value is -2.78. The fourth-order valence-corrected chi connectivity index (χ4v) is 1.87. The molecule has 0 N–H and O–H groups in total. The zero-order valence-corrected chi connectivity index (χ0v) is 11.5. The van der Waals surface area contributed by atoms with Gasteiger partial charge in [-0.15, -0.1) is 0 Å². The summed E-state index contributed by atoms with van der Waals surface area (Å²) in [6, 6.07) is 13.0. The SMILES string of the molecule is [C-]#[N+]c1cc(C#N)cc(Oc2cc(CC)ccc2C)c1. The first-order valence-electron chi connectivity index (χ1n) is 6.36. The van der Waals surface area contributed by atoms with Gasteiger partial charge in [0, 0.05) is 5.56 Å². The minimum absolute atomic E-state index is 0.406. The number of benzene rings is 2. The van der Waals surface area contributed by atoms with E-state index >= 15 is 0 Å². The van der Waals surface area contributed by atoms with Crippen LogP contribution in [-0.2, 0) is 6.42 Å². The van der Waals surface area contributed by atoms with E-state index in [0.717, 1.165) is 17.7 Å². The first-order chi connectivity index (χ1) is 9.66. The Bertz CT molecular complexity index is 688. The molecule has 0 aliphatic heterocycles. The van der Waals surface area contributed by atoms with Crippen LogP contribution in [0.3, 0.4) is 0 Å². The molecule has 0 aromatic heterocycles. The predicted molar refractivity (Wildman–Crippen MR) is 78.1 cm³/mol. The lowest BCUT2D eigenvalue weighted by molar-refractivity contribution is 0.478. The summed E-state index contributed by atoms with van der Waals surface area (Å²) in [4.78, 5) is 3.36. The third-order valence-corrected chi connectivity index (χ3v) is 3.04. The third-order valence-electron chi connectivity index (χ3n) is 3.04. The van der Waals surface area contributed by atoms with Crippen molar-refractivity contribution in [1.82, 2.24) is 0 Å². The lowest BCUT2D eigenvalue weighted by atomic mass is 10.1. The standard InChI is InChI=1S/C17H14N2O/c1-4-13-6-5-12(2)17(9-13)20-16-8-14(11-18)7-15(10-16)19-3/h5-10H,4H2,1-2H3. The molecule has 0 bridgehead atoms. The molecule has 20 heavy (non-hydrogen) atoms. The van der Waals surface area contributed by atoms with Gasteiger partial charge in [-0.2, -0.15) is 5.26 Å². The van der Waals surface area contributed by atoms with Gasteiger partial charge in [-0.3, -0.25) is 0 Å². The molecule has 98 valence electrons. The maximum atomic E-state index is 8.98. The van der Waals surface area contributed by atoms with Crippen molar-refractivity contribution in [3.63, 3.8) is 0 Å². The van der Waals surface area contributed by atoms with Gasteiger partial charge in [-0.1, -0.05) is 19.1 Å². The van der Waals surface area contributed by atoms with Crippen molar-refractivity contribution in [2.75, 3.05) is 0 Å². The minimum atomic E-state index is 0.406. The van der Waals surface area contributed by atoms with E-state index in [9.17, 15) is 0 Å². The number of nitrogens with zero attached hydrogens (tertiary/aromatic N) is 2. The van der Waals surface area contributed by atoms with Crippen LogP contribution in [0.25, 0.3) is 4.85 Å². The van der Waals surface area contributed by atoms with Gasteiger partial charge < -0.3 is 4.74 Å². The Labute approximate surface area is 118 Å². The van der Waals surface area contributed by atoms with Crippen molar-refractivity contribution in [2.24, 2.45) is 0 Å². The van der Waals surface area contributed by atoms with Crippen LogP contribution in [0.1, 0.15) is 23.6 Å². The average Bonchev–Trinajstić information content (AvgIpc) is 2.49. The van der Waals surface area contributed by atoms with Crippen LogP contribution in [0.2, 0.25) is 0 Å². The lowest BCUT2D eigenvalue weighted by Crippen LogP contribution is -1.90. The van der Waals surface area contributed by atoms with Crippen molar-refractivity contribution in [2.45, 2.75) is 20.3 Å². The molecule has 0 amide bonds. The Kier molecular flexibility index (Phi) is 4.03. The monoisotopic (exact) mass is 262 g/mol. The highest BCUT2D eigenvalue weighted by molar-refractivity contribution is 5.56. The highest BCUT2D eigenvalue weighted by Gasteiger charge is 2.06. The molecule has 2 aromatic carbocycles. The smallest absolute Gasteiger partial charge is 0.192 e. The van der Waals surface area contributed by atoms with Crippen LogP contribution < -0.4 is 4.74 Å². The molecule has 0 saturated heterocycles. The normalized spacial score (nSPS) is 9.60. The molecule has 3 nitrogen and oxygen atoms in total. The van der Waals surface area contributed by atoms with Crippen LogP contribution in [0.5, 0.6) is 11.5 Å². The predicted octanol–water partition coefficient (Wildman–Crippen LogP) is 4.77. The maximum Gasteiger partial charge on any atom is 0.192 e. The van der Waals surface area contributed by atoms with Crippen LogP contribution in [0.4, 0.5) is 5.69 Å². The summed E-state index contributed by atoms with van der Waals surface area (Å²) < 4.78 is 5.84. The van der Waals surface area contributed by atoms with E-state index in [0.29, 0.717) is 17.0 Å². The summed E-state index contributed by atoms with van der Waals surface area (Å²) in [7, 11) is 0. The van der Waals surface area contributed by atoms with Crippen molar-refractivity contribution in [3.05, 3.63) is 64.5 Å². The molecule has 0 radical (unpaired) electrons. The van der Waals surface area contributed by atoms with E-state index < -0.39 is 0 Å². The molecule has 0 saturated carbocycles. The second-order valence-corrected chi connectivity index (χ2v) is 4.49. The van der Waals surface area contributed by atoms with Crippen molar-refractivity contribution >= 4 is 5.69 Å². The number of rotatable bonds is 3. The molecule has 3 heteroatoms. The summed E-state index contributed by atoms with van der Waals surface area (Å²) in [6.45, 7) is 11.1. The molecule has 0 atom stereocenters. The van der Waals surface area contributed by atoms with E-state index in [4.69, 9.17) is 16.6 Å². The third kappa shape index (κ3) is 2.96. The van der Waals surface area contributed by atoms with Crippen molar-refractivity contribution < 1.29 is 4.74 Å². The molecule has 2 aromatic rings. The fraction of sp³-hybridized carbons (Fsp3) is 0.176. The van der Waals surface area contributed by atoms with Crippen LogP contribution in [0, 0.1) is 24.8 Å². The number of ether oxygens (including phenoxy) is 1. The Morgan fingerprint density at radius 3 is 2.70 bits per heavy atom. The number of nitriles is 1. The quantitative estimate of drug-likeness (QED) is 0.747. The Morgan fingerprint density at radius 1 is 1.25 bits per heavy atom. The largest absolute Gasteiger partial charge is 0.458 e. The number of hydrogen-bond donors (Lipinski definition) is 0. The van der Waals surface area contributed by atoms with Gasteiger partial charge in [0.1, 0.15) is 11.5 Å². The van der Waals surface area contributed by atoms with E-state index in [2.05, 4.69) is 17.8 Å². The second kappa shape index (κ2) is 5.91. The molecular formula is C17H14N2O. The van der Waals surface area contributed by atoms with Gasteiger partial charge in [0.2, 0.25) is 0 Å². The summed E-state index contributed by atoms with van der Waals surface area (Å²) in [5.41, 5.74) is 3.04. The lowest BCUT2D eigenvalue weighted by Gasteiger charge is -2.11. The van der Waals surface area contributed by atoms with Gasteiger partial charge in [-0.05, 0) is 48.7 Å². The molecule has 0 fully saturated rings. The van der Waals surface area contributed by atoms with Gasteiger partial charge in [0.05, 0.1) is 12.6 Å². The molecule has 0 aliphatic rings. The van der Waals surface area contributed by atoms with Gasteiger partial charge >= 0.3 is 0 Å². The topological polar surface area (TPSA) is 37.4 Å². The van der Waals surface area contributed by atoms with Crippen molar-refractivity contribution in [3.8, 4) is 17.6 Å². The van der Waals surface area contributed by atoms with Crippen LogP contribution in [0.15, 0.2) is 36.4 Å². The van der Waals surface area contributed by atoms with E-state index in [1.165, 1.54) is 5.56 Å². The second-order valence-electron chi connectivity index (χ2n) is 4.49. The highest BCUT2D eigenvalue weighted by Crippen LogP contribution is 2.30. The molecule has 0 heterocycles. The molecule has 0 unspecified atom stereocenters. The molecular weight excluding hydrogens is 248 g/mol. The van der Waals surface area contributed by atoms with E-state index in [1.54, 1.807) is 18.2 Å². The molecule has 2 rings (SSSR count). The number of hydrogen-bond acceptors (Lipinski definition) is 2. The van der Waals surface area contributed by atoms with E-state index in [-0.39, 0.29) is 0 Å². The highest BCUT2D eigenvalue weighted by atomic mass is 16.5. The van der Waals surface area contributed by atoms with Gasteiger partial charge in [0.25, 0.3) is 0 Å².